The number of benzene rings is 1. The number of phosphoric ester groups is 1. The van der Waals surface area contributed by atoms with Gasteiger partial charge in [-0.1, -0.05) is 21.0 Å². The molecule has 1 aromatic carbocycles. The van der Waals surface area contributed by atoms with Gasteiger partial charge in [-0.3, -0.25) is 27.9 Å². The summed E-state index contributed by atoms with van der Waals surface area (Å²) in [4.78, 5) is 28.0. The van der Waals surface area contributed by atoms with Crippen LogP contribution in [0.25, 0.3) is 10.4 Å². The molecule has 0 aliphatic carbocycles. The number of H-pyrrole nitrogens is 1. The number of phosphoric acid groups is 1. The van der Waals surface area contributed by atoms with Gasteiger partial charge in [0, 0.05) is 28.1 Å². The topological polar surface area (TPSA) is 198 Å². The molecule has 2 unspecified atom stereocenters. The molecule has 2 aliphatic heterocycles. The van der Waals surface area contributed by atoms with Gasteiger partial charge in [0.1, 0.15) is 18.0 Å². The molecule has 0 radical (unpaired) electrons. The summed E-state index contributed by atoms with van der Waals surface area (Å²) in [7, 11) is -4.35. The average molecular weight is 578 g/mol. The van der Waals surface area contributed by atoms with Crippen LogP contribution in [-0.2, 0) is 22.9 Å². The number of hydrogen-bond acceptors (Lipinski definition) is 10. The molecular formula is C18H18BrFN5O9P. The summed E-state index contributed by atoms with van der Waals surface area (Å²) >= 11 is 3.17. The number of aliphatic hydroxyl groups excluding tert-OH is 2. The van der Waals surface area contributed by atoms with Crippen molar-refractivity contribution in [3.8, 4) is 0 Å². The molecule has 2 saturated heterocycles. The number of aromatic amines is 1. The van der Waals surface area contributed by atoms with Crippen molar-refractivity contribution < 1.29 is 37.5 Å². The van der Waals surface area contributed by atoms with Crippen LogP contribution in [0.1, 0.15) is 24.3 Å². The zero-order chi connectivity index (χ0) is 25.4. The molecule has 0 bridgehead atoms. The van der Waals surface area contributed by atoms with Crippen LogP contribution in [0.3, 0.4) is 0 Å². The first-order valence-electron chi connectivity index (χ1n) is 10.0. The molecule has 0 amide bonds. The van der Waals surface area contributed by atoms with Crippen molar-refractivity contribution in [1.29, 1.82) is 0 Å². The predicted octanol–water partition coefficient (Wildman–Crippen LogP) is 2.00. The van der Waals surface area contributed by atoms with Crippen LogP contribution in [0.15, 0.2) is 49.6 Å². The minimum Gasteiger partial charge on any atom is -0.387 e. The van der Waals surface area contributed by atoms with Crippen LogP contribution in [0.5, 0.6) is 0 Å². The molecule has 17 heteroatoms. The number of rotatable bonds is 6. The molecule has 0 spiro atoms. The SMILES string of the molecule is [N-]=[N+]=N[C@]1(COP2(=O)OCC[C@@H](c3cc(F)cc(Br)c3)O2)OC(n2ccc(=O)[nH]c2=O)[C@H](O)[C@@H]1O. The van der Waals surface area contributed by atoms with Gasteiger partial charge < -0.3 is 14.9 Å². The number of hydrogen-bond donors (Lipinski definition) is 3. The predicted molar refractivity (Wildman–Crippen MR) is 117 cm³/mol. The Labute approximate surface area is 203 Å². The third-order valence-corrected chi connectivity index (χ3v) is 7.23. The number of nitrogens with zero attached hydrogens (tertiary/aromatic N) is 4. The van der Waals surface area contributed by atoms with E-state index in [-0.39, 0.29) is 13.0 Å². The summed E-state index contributed by atoms with van der Waals surface area (Å²) in [6, 6.07) is 4.97. The lowest BCUT2D eigenvalue weighted by molar-refractivity contribution is -0.127. The molecule has 0 saturated carbocycles. The molecule has 1 aromatic heterocycles. The summed E-state index contributed by atoms with van der Waals surface area (Å²) in [6.07, 6.45) is -5.02. The van der Waals surface area contributed by atoms with Crippen molar-refractivity contribution in [1.82, 2.24) is 9.55 Å². The minimum atomic E-state index is -4.35. The summed E-state index contributed by atoms with van der Waals surface area (Å²) in [5.41, 5.74) is 5.35. The molecule has 35 heavy (non-hydrogen) atoms. The lowest BCUT2D eigenvalue weighted by atomic mass is 10.1. The first kappa shape index (κ1) is 25.7. The van der Waals surface area contributed by atoms with E-state index in [0.717, 1.165) is 16.8 Å². The summed E-state index contributed by atoms with van der Waals surface area (Å²) in [5.74, 6) is -0.553. The Morgan fingerprint density at radius 1 is 1.40 bits per heavy atom. The second kappa shape index (κ2) is 9.93. The Kier molecular flexibility index (Phi) is 7.29. The van der Waals surface area contributed by atoms with Gasteiger partial charge in [-0.25, -0.2) is 13.8 Å². The molecule has 2 fully saturated rings. The van der Waals surface area contributed by atoms with Crippen molar-refractivity contribution in [3.05, 3.63) is 77.6 Å². The Hall–Kier alpha value is -2.39. The van der Waals surface area contributed by atoms with Gasteiger partial charge in [0.2, 0.25) is 5.72 Å². The van der Waals surface area contributed by atoms with Gasteiger partial charge in [-0.15, -0.1) is 0 Å². The highest BCUT2D eigenvalue weighted by atomic mass is 79.9. The van der Waals surface area contributed by atoms with Crippen LogP contribution < -0.4 is 11.2 Å². The van der Waals surface area contributed by atoms with Crippen molar-refractivity contribution in [2.45, 2.75) is 36.7 Å². The number of halogens is 2. The average Bonchev–Trinajstić information content (AvgIpc) is 3.03. The molecule has 2 aliphatic rings. The van der Waals surface area contributed by atoms with Gasteiger partial charge in [0.15, 0.2) is 6.23 Å². The smallest absolute Gasteiger partial charge is 0.387 e. The maximum absolute atomic E-state index is 13.8. The summed E-state index contributed by atoms with van der Waals surface area (Å²) < 4.78 is 49.5. The van der Waals surface area contributed by atoms with E-state index >= 15 is 0 Å². The molecule has 14 nitrogen and oxygen atoms in total. The van der Waals surface area contributed by atoms with Gasteiger partial charge in [0.25, 0.3) is 5.56 Å². The molecule has 188 valence electrons. The molecular weight excluding hydrogens is 560 g/mol. The largest absolute Gasteiger partial charge is 0.475 e. The summed E-state index contributed by atoms with van der Waals surface area (Å²) in [6.45, 7) is -1.01. The van der Waals surface area contributed by atoms with Gasteiger partial charge in [-0.05, 0) is 29.3 Å². The Balaban J connectivity index is 1.56. The highest BCUT2D eigenvalue weighted by Crippen LogP contribution is 2.58. The van der Waals surface area contributed by atoms with Gasteiger partial charge in [-0.2, -0.15) is 0 Å². The lowest BCUT2D eigenvalue weighted by Crippen LogP contribution is -2.45. The maximum atomic E-state index is 13.8. The van der Waals surface area contributed by atoms with E-state index in [1.54, 1.807) is 6.07 Å². The van der Waals surface area contributed by atoms with Crippen LogP contribution in [0.4, 0.5) is 4.39 Å². The summed E-state index contributed by atoms with van der Waals surface area (Å²) in [5, 5.41) is 24.4. The van der Waals surface area contributed by atoms with E-state index < -0.39 is 61.8 Å². The fourth-order valence-electron chi connectivity index (χ4n) is 3.67. The number of azide groups is 1. The first-order valence-corrected chi connectivity index (χ1v) is 12.3. The molecule has 2 aromatic rings. The van der Waals surface area contributed by atoms with Crippen molar-refractivity contribution in [2.75, 3.05) is 13.2 Å². The van der Waals surface area contributed by atoms with Crippen LogP contribution in [0.2, 0.25) is 0 Å². The normalized spacial score (nSPS) is 32.8. The third-order valence-electron chi connectivity index (χ3n) is 5.31. The van der Waals surface area contributed by atoms with Gasteiger partial charge >= 0.3 is 13.5 Å². The second-order valence-corrected chi connectivity index (χ2v) is 10.2. The zero-order valence-corrected chi connectivity index (χ0v) is 20.0. The maximum Gasteiger partial charge on any atom is 0.475 e. The monoisotopic (exact) mass is 577 g/mol. The third kappa shape index (κ3) is 5.26. The van der Waals surface area contributed by atoms with E-state index in [2.05, 4.69) is 26.0 Å². The molecule has 4 rings (SSSR count). The molecule has 3 heterocycles. The van der Waals surface area contributed by atoms with E-state index in [9.17, 15) is 28.8 Å². The van der Waals surface area contributed by atoms with Crippen LogP contribution in [-0.4, -0.2) is 50.9 Å². The van der Waals surface area contributed by atoms with Gasteiger partial charge in [0.05, 0.1) is 19.3 Å². The number of ether oxygens (including phenoxy) is 1. The highest BCUT2D eigenvalue weighted by molar-refractivity contribution is 9.10. The highest BCUT2D eigenvalue weighted by Gasteiger charge is 2.56. The zero-order valence-electron chi connectivity index (χ0n) is 17.6. The second-order valence-electron chi connectivity index (χ2n) is 7.63. The Bertz CT molecular complexity index is 1310. The van der Waals surface area contributed by atoms with E-state index in [4.69, 9.17) is 23.8 Å². The van der Waals surface area contributed by atoms with Crippen molar-refractivity contribution in [2.24, 2.45) is 5.11 Å². The lowest BCUT2D eigenvalue weighted by Gasteiger charge is -2.32. The van der Waals surface area contributed by atoms with Crippen LogP contribution >= 0.6 is 23.8 Å². The van der Waals surface area contributed by atoms with E-state index in [1.165, 1.54) is 12.1 Å². The number of aromatic nitrogens is 2. The fraction of sp³-hybridized carbons (Fsp3) is 0.444. The number of aliphatic hydroxyl groups is 2. The van der Waals surface area contributed by atoms with Crippen LogP contribution in [0, 0.1) is 5.82 Å². The van der Waals surface area contributed by atoms with E-state index in [0.29, 0.717) is 10.0 Å². The molecule has 3 N–H and O–H groups in total. The fourth-order valence-corrected chi connectivity index (χ4v) is 5.56. The Morgan fingerprint density at radius 2 is 2.17 bits per heavy atom. The quantitative estimate of drug-likeness (QED) is 0.199. The standard InChI is InChI=1S/C18H18BrFN5O9P/c19-10-5-9(6-11(20)7-10)12-2-4-31-35(30,34-12)32-8-18(23-24-21)15(28)14(27)16(33-18)25-3-1-13(26)22-17(25)29/h1,3,5-7,12,14-16,27-28H,2,4,8H2,(H,22,26,29)/t12-,14+,15-,16?,18+,35?/m0/s1. The van der Waals surface area contributed by atoms with Crippen molar-refractivity contribution >= 4 is 23.8 Å². The van der Waals surface area contributed by atoms with Crippen molar-refractivity contribution in [3.63, 3.8) is 0 Å². The number of nitrogens with one attached hydrogen (secondary N) is 1. The Morgan fingerprint density at radius 3 is 2.86 bits per heavy atom. The minimum absolute atomic E-state index is 0.0912. The van der Waals surface area contributed by atoms with E-state index in [1.807, 2.05) is 4.98 Å². The first-order chi connectivity index (χ1) is 16.6. The molecule has 6 atom stereocenters.